The normalized spacial score (nSPS) is 12.4. The minimum Gasteiger partial charge on any atom is -0.493 e. The number of fused-ring (bicyclic) bond motifs is 1. The molecule has 0 bridgehead atoms. The molecular weight excluding hydrogens is 432 g/mol. The summed E-state index contributed by atoms with van der Waals surface area (Å²) in [5.41, 5.74) is 2.10. The lowest BCUT2D eigenvalue weighted by Crippen LogP contribution is -2.12. The zero-order valence-electron chi connectivity index (χ0n) is 17.6. The van der Waals surface area contributed by atoms with Crippen LogP contribution in [-0.2, 0) is 7.05 Å². The molecule has 0 aliphatic carbocycles. The van der Waals surface area contributed by atoms with Crippen LogP contribution in [0.1, 0.15) is 64.5 Å². The molecule has 0 saturated heterocycles. The monoisotopic (exact) mass is 460 g/mol. The molecule has 0 fully saturated rings. The van der Waals surface area contributed by atoms with E-state index in [0.717, 1.165) is 47.8 Å². The Kier molecular flexibility index (Phi) is 7.11. The first-order valence-corrected chi connectivity index (χ1v) is 11.2. The van der Waals surface area contributed by atoms with E-state index < -0.39 is 0 Å². The maximum Gasteiger partial charge on any atom is 0.262 e. The fraction of sp³-hybridized carbons (Fsp3) is 0.500. The second-order valence-corrected chi connectivity index (χ2v) is 8.24. The highest BCUT2D eigenvalue weighted by Gasteiger charge is 2.23. The molecule has 1 N–H and O–H groups in total. The molecule has 0 amide bonds. The number of H-pyrrole nitrogens is 1. The molecule has 156 valence electrons. The van der Waals surface area contributed by atoms with Crippen molar-refractivity contribution in [1.29, 1.82) is 0 Å². The summed E-state index contributed by atoms with van der Waals surface area (Å²) in [5.74, 6) is 1.45. The lowest BCUT2D eigenvalue weighted by Gasteiger charge is -2.13. The Morgan fingerprint density at radius 1 is 1.21 bits per heavy atom. The van der Waals surface area contributed by atoms with E-state index in [9.17, 15) is 4.79 Å². The smallest absolute Gasteiger partial charge is 0.262 e. The molecule has 0 spiro atoms. The van der Waals surface area contributed by atoms with Gasteiger partial charge in [0.05, 0.1) is 17.9 Å². The number of aromatic amines is 1. The first-order valence-electron chi connectivity index (χ1n) is 10.4. The second kappa shape index (κ2) is 9.57. The number of unbranched alkanes of at least 4 members (excludes halogenated alkanes) is 1. The second-order valence-electron chi connectivity index (χ2n) is 7.32. The zero-order valence-corrected chi connectivity index (χ0v) is 19.2. The molecule has 1 aromatic carbocycles. The lowest BCUT2D eigenvalue weighted by molar-refractivity contribution is 0.341. The van der Waals surface area contributed by atoms with Gasteiger partial charge in [0.25, 0.3) is 5.56 Å². The summed E-state index contributed by atoms with van der Waals surface area (Å²) in [6, 6.07) is 5.70. The van der Waals surface area contributed by atoms with Gasteiger partial charge in [0, 0.05) is 17.4 Å². The molecule has 3 aromatic rings. The number of benzene rings is 1. The van der Waals surface area contributed by atoms with Crippen LogP contribution >= 0.6 is 15.9 Å². The molecule has 0 radical (unpaired) electrons. The fourth-order valence-electron chi connectivity index (χ4n) is 3.78. The minimum atomic E-state index is -0.143. The first-order chi connectivity index (χ1) is 14.0. The summed E-state index contributed by atoms with van der Waals surface area (Å²) in [4.78, 5) is 20.9. The Morgan fingerprint density at radius 3 is 2.69 bits per heavy atom. The van der Waals surface area contributed by atoms with Crippen LogP contribution < -0.4 is 10.3 Å². The number of aryl methyl sites for hydroxylation is 1. The Morgan fingerprint density at radius 2 is 2.00 bits per heavy atom. The number of hydrogen-bond acceptors (Lipinski definition) is 4. The van der Waals surface area contributed by atoms with Crippen molar-refractivity contribution < 1.29 is 4.74 Å². The van der Waals surface area contributed by atoms with Crippen molar-refractivity contribution in [1.82, 2.24) is 19.7 Å². The average Bonchev–Trinajstić information content (AvgIpc) is 3.02. The summed E-state index contributed by atoms with van der Waals surface area (Å²) in [6.45, 7) is 6.82. The van der Waals surface area contributed by atoms with Crippen molar-refractivity contribution in [3.8, 4) is 17.1 Å². The third-order valence-corrected chi connectivity index (χ3v) is 5.64. The van der Waals surface area contributed by atoms with Gasteiger partial charge in [-0.25, -0.2) is 9.67 Å². The zero-order chi connectivity index (χ0) is 21.0. The van der Waals surface area contributed by atoms with Gasteiger partial charge in [0.15, 0.2) is 5.65 Å². The van der Waals surface area contributed by atoms with Crippen LogP contribution in [0.3, 0.4) is 0 Å². The SMILES string of the molecule is CCCCC(CCC)c1nn(C)c2nc(-c3ccc(Br)cc3OCC)[nH]c(=O)c12. The summed E-state index contributed by atoms with van der Waals surface area (Å²) in [5, 5.41) is 5.34. The number of hydrogen-bond donors (Lipinski definition) is 1. The lowest BCUT2D eigenvalue weighted by atomic mass is 9.92. The quantitative estimate of drug-likeness (QED) is 0.453. The van der Waals surface area contributed by atoms with Crippen LogP contribution in [0.25, 0.3) is 22.4 Å². The van der Waals surface area contributed by atoms with Gasteiger partial charge in [0.1, 0.15) is 17.0 Å². The van der Waals surface area contributed by atoms with E-state index in [2.05, 4.69) is 34.8 Å². The summed E-state index contributed by atoms with van der Waals surface area (Å²) in [6.07, 6.45) is 5.39. The summed E-state index contributed by atoms with van der Waals surface area (Å²) < 4.78 is 8.40. The third kappa shape index (κ3) is 4.55. The number of aromatic nitrogens is 4. The topological polar surface area (TPSA) is 72.8 Å². The fourth-order valence-corrected chi connectivity index (χ4v) is 4.12. The Bertz CT molecular complexity index is 1040. The molecule has 29 heavy (non-hydrogen) atoms. The van der Waals surface area contributed by atoms with Crippen molar-refractivity contribution >= 4 is 27.0 Å². The van der Waals surface area contributed by atoms with Crippen LogP contribution in [-0.4, -0.2) is 26.4 Å². The highest BCUT2D eigenvalue weighted by Crippen LogP contribution is 2.33. The van der Waals surface area contributed by atoms with E-state index in [1.54, 1.807) is 4.68 Å². The molecule has 0 aliphatic heterocycles. The molecule has 0 aliphatic rings. The van der Waals surface area contributed by atoms with Crippen LogP contribution in [0, 0.1) is 0 Å². The molecule has 3 rings (SSSR count). The van der Waals surface area contributed by atoms with Gasteiger partial charge in [-0.1, -0.05) is 49.0 Å². The van der Waals surface area contributed by atoms with Gasteiger partial charge in [-0.2, -0.15) is 5.10 Å². The van der Waals surface area contributed by atoms with Crippen LogP contribution in [0.5, 0.6) is 5.75 Å². The van der Waals surface area contributed by atoms with Crippen molar-refractivity contribution in [2.24, 2.45) is 7.05 Å². The first kappa shape index (κ1) is 21.6. The van der Waals surface area contributed by atoms with E-state index in [-0.39, 0.29) is 11.5 Å². The molecule has 2 heterocycles. The van der Waals surface area contributed by atoms with Gasteiger partial charge in [-0.05, 0) is 38.0 Å². The van der Waals surface area contributed by atoms with E-state index >= 15 is 0 Å². The number of nitrogens with zero attached hydrogens (tertiary/aromatic N) is 3. The summed E-state index contributed by atoms with van der Waals surface area (Å²) >= 11 is 3.47. The van der Waals surface area contributed by atoms with Crippen molar-refractivity contribution in [3.63, 3.8) is 0 Å². The molecule has 6 nitrogen and oxygen atoms in total. The number of halogens is 1. The predicted octanol–water partition coefficient (Wildman–Crippen LogP) is 5.56. The Balaban J connectivity index is 2.14. The predicted molar refractivity (Wildman–Crippen MR) is 121 cm³/mol. The highest BCUT2D eigenvalue weighted by molar-refractivity contribution is 9.10. The molecule has 2 aromatic heterocycles. The number of rotatable bonds is 9. The maximum atomic E-state index is 13.1. The van der Waals surface area contributed by atoms with Crippen LogP contribution in [0.15, 0.2) is 27.5 Å². The standard InChI is InChI=1S/C22H29BrN4O2/c1-5-8-10-14(9-6-2)19-18-21(27(4)26-19)24-20(25-22(18)28)16-12-11-15(23)13-17(16)29-7-3/h11-14H,5-10H2,1-4H3,(H,24,25,28). The number of nitrogens with one attached hydrogen (secondary N) is 1. The van der Waals surface area contributed by atoms with Gasteiger partial charge in [-0.3, -0.25) is 4.79 Å². The van der Waals surface area contributed by atoms with Gasteiger partial charge in [-0.15, -0.1) is 0 Å². The van der Waals surface area contributed by atoms with E-state index in [0.29, 0.717) is 29.2 Å². The Hall–Kier alpha value is -2.15. The van der Waals surface area contributed by atoms with Crippen molar-refractivity contribution in [2.75, 3.05) is 6.61 Å². The number of ether oxygens (including phenoxy) is 1. The van der Waals surface area contributed by atoms with Crippen LogP contribution in [0.4, 0.5) is 0 Å². The molecule has 1 atom stereocenters. The Labute approximate surface area is 179 Å². The highest BCUT2D eigenvalue weighted by atomic mass is 79.9. The van der Waals surface area contributed by atoms with Crippen molar-refractivity contribution in [2.45, 2.75) is 58.8 Å². The largest absolute Gasteiger partial charge is 0.493 e. The van der Waals surface area contributed by atoms with Crippen LogP contribution in [0.2, 0.25) is 0 Å². The van der Waals surface area contributed by atoms with Gasteiger partial charge >= 0.3 is 0 Å². The van der Waals surface area contributed by atoms with E-state index in [1.807, 2.05) is 32.2 Å². The molecule has 1 unspecified atom stereocenters. The van der Waals surface area contributed by atoms with E-state index in [4.69, 9.17) is 14.8 Å². The summed E-state index contributed by atoms with van der Waals surface area (Å²) in [7, 11) is 1.86. The molecular formula is C22H29BrN4O2. The van der Waals surface area contributed by atoms with Gasteiger partial charge < -0.3 is 9.72 Å². The molecule has 0 saturated carbocycles. The molecule has 7 heteroatoms. The maximum absolute atomic E-state index is 13.1. The van der Waals surface area contributed by atoms with Crippen molar-refractivity contribution in [3.05, 3.63) is 38.7 Å². The van der Waals surface area contributed by atoms with E-state index in [1.165, 1.54) is 0 Å². The minimum absolute atomic E-state index is 0.143. The third-order valence-electron chi connectivity index (χ3n) is 5.15. The average molecular weight is 461 g/mol. The van der Waals surface area contributed by atoms with Gasteiger partial charge in [0.2, 0.25) is 0 Å².